The van der Waals surface area contributed by atoms with E-state index >= 15 is 0 Å². The van der Waals surface area contributed by atoms with Crippen LogP contribution in [0.15, 0.2) is 0 Å². The summed E-state index contributed by atoms with van der Waals surface area (Å²) in [6, 6.07) is 0. The molecule has 102 heavy (non-hydrogen) atoms. The molecule has 0 saturated carbocycles. The first-order valence-electron chi connectivity index (χ1n) is 42.7. The zero-order valence-corrected chi connectivity index (χ0v) is 69.0. The number of ether oxygens (including phenoxy) is 4. The predicted octanol–water partition coefficient (Wildman–Crippen LogP) is 24.8. The van der Waals surface area contributed by atoms with Gasteiger partial charge in [0.05, 0.1) is 26.4 Å². The first kappa shape index (κ1) is 100. The molecule has 0 aromatic heterocycles. The highest BCUT2D eigenvalue weighted by Crippen LogP contribution is 2.45. The lowest BCUT2D eigenvalue weighted by molar-refractivity contribution is -0.161. The lowest BCUT2D eigenvalue weighted by atomic mass is 10.00. The van der Waals surface area contributed by atoms with E-state index in [0.29, 0.717) is 25.7 Å². The van der Waals surface area contributed by atoms with Gasteiger partial charge in [0.2, 0.25) is 0 Å². The molecular formula is C83H162O17P2. The molecule has 0 aromatic carbocycles. The van der Waals surface area contributed by atoms with Crippen molar-refractivity contribution >= 4 is 39.5 Å². The average Bonchev–Trinajstić information content (AvgIpc) is 0.926. The van der Waals surface area contributed by atoms with Crippen LogP contribution in [0, 0.1) is 23.7 Å². The van der Waals surface area contributed by atoms with E-state index in [1.807, 2.05) is 0 Å². The van der Waals surface area contributed by atoms with Gasteiger partial charge < -0.3 is 33.8 Å². The number of aliphatic hydroxyl groups is 1. The van der Waals surface area contributed by atoms with Gasteiger partial charge in [0.1, 0.15) is 19.3 Å². The van der Waals surface area contributed by atoms with Gasteiger partial charge in [-0.15, -0.1) is 0 Å². The first-order valence-corrected chi connectivity index (χ1v) is 45.7. The summed E-state index contributed by atoms with van der Waals surface area (Å²) >= 11 is 0. The molecule has 0 fully saturated rings. The van der Waals surface area contributed by atoms with Gasteiger partial charge in [-0.3, -0.25) is 37.3 Å². The topological polar surface area (TPSA) is 237 Å². The molecule has 0 radical (unpaired) electrons. The summed E-state index contributed by atoms with van der Waals surface area (Å²) in [7, 11) is -9.92. The number of esters is 4. The van der Waals surface area contributed by atoms with Crippen LogP contribution in [0.1, 0.15) is 428 Å². The summed E-state index contributed by atoms with van der Waals surface area (Å²) in [5.74, 6) is 0.991. The van der Waals surface area contributed by atoms with E-state index in [9.17, 15) is 43.2 Å². The van der Waals surface area contributed by atoms with Gasteiger partial charge in [-0.05, 0) is 49.4 Å². The van der Waals surface area contributed by atoms with E-state index < -0.39 is 97.5 Å². The van der Waals surface area contributed by atoms with Crippen LogP contribution in [0.5, 0.6) is 0 Å². The standard InChI is InChI=1S/C83H162O17P2/c1-9-76(8)62-54-46-41-42-48-56-64-81(86)94-70-79(100-83(88)66-58-50-40-33-27-23-19-15-14-17-21-25-30-36-44-52-60-74(4)5)72-98-102(91,92)96-68-77(84)67-95-101(89,90)97-71-78(69-93-80(85)63-55-47-38-34-28-31-37-45-53-61-75(6)7)99-82(87)65-57-49-39-32-26-22-18-13-11-10-12-16-20-24-29-35-43-51-59-73(2)3/h73-79,84H,9-72H2,1-8H3,(H,89,90)(H,91,92)/t76?,77-,78-,79-/m1/s1. The second kappa shape index (κ2) is 72.0. The van der Waals surface area contributed by atoms with Gasteiger partial charge in [0.15, 0.2) is 12.2 Å². The van der Waals surface area contributed by atoms with Gasteiger partial charge in [-0.2, -0.15) is 0 Å². The fourth-order valence-corrected chi connectivity index (χ4v) is 14.3. The molecule has 3 N–H and O–H groups in total. The third kappa shape index (κ3) is 74.9. The molecule has 0 aliphatic heterocycles. The average molecular weight is 1490 g/mol. The van der Waals surface area contributed by atoms with E-state index in [2.05, 4.69) is 55.4 Å². The second-order valence-electron chi connectivity index (χ2n) is 31.5. The Labute approximate surface area is 626 Å². The largest absolute Gasteiger partial charge is 0.472 e. The maximum Gasteiger partial charge on any atom is 0.472 e. The van der Waals surface area contributed by atoms with Crippen molar-refractivity contribution < 1.29 is 80.2 Å². The summed E-state index contributed by atoms with van der Waals surface area (Å²) in [5.41, 5.74) is 0. The number of carbonyl (C=O) groups is 4. The summed E-state index contributed by atoms with van der Waals surface area (Å²) in [6.07, 6.45) is 59.8. The molecule has 0 aliphatic rings. The Balaban J connectivity index is 5.19. The molecule has 6 atom stereocenters. The summed E-state index contributed by atoms with van der Waals surface area (Å²) in [5, 5.41) is 10.6. The van der Waals surface area contributed by atoms with Crippen molar-refractivity contribution in [1.82, 2.24) is 0 Å². The quantitative estimate of drug-likeness (QED) is 0.0222. The van der Waals surface area contributed by atoms with Crippen molar-refractivity contribution in [2.24, 2.45) is 23.7 Å². The molecule has 0 amide bonds. The van der Waals surface area contributed by atoms with Crippen LogP contribution in [0.25, 0.3) is 0 Å². The Hall–Kier alpha value is -1.94. The van der Waals surface area contributed by atoms with E-state index in [0.717, 1.165) is 120 Å². The molecule has 606 valence electrons. The lowest BCUT2D eigenvalue weighted by Crippen LogP contribution is -2.30. The Kier molecular flexibility index (Phi) is 70.6. The molecule has 17 nitrogen and oxygen atoms in total. The molecule has 0 aromatic rings. The van der Waals surface area contributed by atoms with Gasteiger partial charge in [-0.25, -0.2) is 9.13 Å². The number of unbranched alkanes of at least 4 members (excludes halogenated alkanes) is 45. The van der Waals surface area contributed by atoms with E-state index in [4.69, 9.17) is 37.0 Å². The van der Waals surface area contributed by atoms with Gasteiger partial charge in [0.25, 0.3) is 0 Å². The van der Waals surface area contributed by atoms with Crippen LogP contribution < -0.4 is 0 Å². The third-order valence-corrected chi connectivity index (χ3v) is 21.6. The third-order valence-electron chi connectivity index (χ3n) is 19.7. The summed E-state index contributed by atoms with van der Waals surface area (Å²) < 4.78 is 68.8. The maximum absolute atomic E-state index is 13.1. The van der Waals surface area contributed by atoms with Crippen LogP contribution in [0.3, 0.4) is 0 Å². The number of aliphatic hydroxyl groups excluding tert-OH is 1. The van der Waals surface area contributed by atoms with Gasteiger partial charge in [0, 0.05) is 25.7 Å². The van der Waals surface area contributed by atoms with Crippen LogP contribution >= 0.6 is 15.6 Å². The van der Waals surface area contributed by atoms with Crippen LogP contribution in [0.4, 0.5) is 0 Å². The second-order valence-corrected chi connectivity index (χ2v) is 34.4. The molecule has 19 heteroatoms. The fourth-order valence-electron chi connectivity index (χ4n) is 12.8. The van der Waals surface area contributed by atoms with Crippen molar-refractivity contribution in [2.75, 3.05) is 39.6 Å². The zero-order chi connectivity index (χ0) is 75.3. The van der Waals surface area contributed by atoms with E-state index in [1.54, 1.807) is 0 Å². The van der Waals surface area contributed by atoms with Crippen molar-refractivity contribution in [3.63, 3.8) is 0 Å². The molecule has 3 unspecified atom stereocenters. The monoisotopic (exact) mass is 1490 g/mol. The Morgan fingerprint density at radius 2 is 0.471 bits per heavy atom. The highest BCUT2D eigenvalue weighted by molar-refractivity contribution is 7.47. The van der Waals surface area contributed by atoms with Crippen molar-refractivity contribution in [1.29, 1.82) is 0 Å². The minimum atomic E-state index is -4.96. The lowest BCUT2D eigenvalue weighted by Gasteiger charge is -2.21. The Bertz CT molecular complexity index is 1990. The Morgan fingerprint density at radius 1 is 0.275 bits per heavy atom. The number of phosphoric acid groups is 2. The highest BCUT2D eigenvalue weighted by atomic mass is 31.2. The molecule has 0 bridgehead atoms. The molecule has 0 heterocycles. The molecule has 0 aliphatic carbocycles. The van der Waals surface area contributed by atoms with Crippen LogP contribution in [-0.2, 0) is 65.4 Å². The minimum Gasteiger partial charge on any atom is -0.462 e. The van der Waals surface area contributed by atoms with Crippen molar-refractivity contribution in [3.05, 3.63) is 0 Å². The number of carbonyl (C=O) groups excluding carboxylic acids is 4. The van der Waals surface area contributed by atoms with E-state index in [-0.39, 0.29) is 25.7 Å². The molecule has 0 rings (SSSR count). The smallest absolute Gasteiger partial charge is 0.462 e. The van der Waals surface area contributed by atoms with Crippen LogP contribution in [0.2, 0.25) is 0 Å². The normalized spacial score (nSPS) is 14.3. The van der Waals surface area contributed by atoms with Crippen LogP contribution in [-0.4, -0.2) is 96.7 Å². The highest BCUT2D eigenvalue weighted by Gasteiger charge is 2.30. The number of hydrogen-bond acceptors (Lipinski definition) is 15. The summed E-state index contributed by atoms with van der Waals surface area (Å²) in [6.45, 7) is 14.3. The van der Waals surface area contributed by atoms with Gasteiger partial charge >= 0.3 is 39.5 Å². The first-order chi connectivity index (χ1) is 49.1. The van der Waals surface area contributed by atoms with Crippen molar-refractivity contribution in [2.45, 2.75) is 446 Å². The fraction of sp³-hybridized carbons (Fsp3) is 0.952. The molecule has 0 saturated heterocycles. The maximum atomic E-state index is 13.1. The zero-order valence-electron chi connectivity index (χ0n) is 67.2. The van der Waals surface area contributed by atoms with Crippen molar-refractivity contribution in [3.8, 4) is 0 Å². The Morgan fingerprint density at radius 3 is 0.696 bits per heavy atom. The number of rotatable bonds is 80. The molecule has 0 spiro atoms. The summed E-state index contributed by atoms with van der Waals surface area (Å²) in [4.78, 5) is 73.1. The number of phosphoric ester groups is 2. The number of hydrogen-bond donors (Lipinski definition) is 3. The predicted molar refractivity (Wildman–Crippen MR) is 418 cm³/mol. The SMILES string of the molecule is CCC(C)CCCCCCCCC(=O)OC[C@H](COP(=O)(O)OC[C@H](O)COP(=O)(O)OC[C@@H](COC(=O)CCCCCCCCCCCC(C)C)OC(=O)CCCCCCCCCCCCCCCCCCCCC(C)C)OC(=O)CCCCCCCCCCCCCCCCCCC(C)C. The van der Waals surface area contributed by atoms with E-state index in [1.165, 1.54) is 225 Å². The van der Waals surface area contributed by atoms with Gasteiger partial charge in [-0.1, -0.05) is 376 Å². The minimum absolute atomic E-state index is 0.107. The molecular weight excluding hydrogens is 1330 g/mol.